The molecule has 0 radical (unpaired) electrons. The Balaban J connectivity index is 1.42. The van der Waals surface area contributed by atoms with E-state index < -0.39 is 0 Å². The van der Waals surface area contributed by atoms with Crippen LogP contribution in [0.25, 0.3) is 0 Å². The third-order valence-corrected chi connectivity index (χ3v) is 4.73. The third-order valence-electron chi connectivity index (χ3n) is 4.73. The van der Waals surface area contributed by atoms with Gasteiger partial charge in [-0.05, 0) is 44.7 Å². The van der Waals surface area contributed by atoms with Crippen LogP contribution >= 0.6 is 0 Å². The fraction of sp³-hybridized carbons (Fsp3) is 0.867. The van der Waals surface area contributed by atoms with E-state index in [0.29, 0.717) is 24.2 Å². The molecule has 2 heterocycles. The molecule has 2 aliphatic heterocycles. The zero-order chi connectivity index (χ0) is 13.9. The Morgan fingerprint density at radius 2 is 1.70 bits per heavy atom. The minimum Gasteiger partial charge on any atom is -0.339 e. The van der Waals surface area contributed by atoms with Gasteiger partial charge in [-0.25, -0.2) is 0 Å². The molecular weight excluding hydrogens is 254 g/mol. The number of rotatable bonds is 3. The van der Waals surface area contributed by atoms with Crippen LogP contribution in [0.2, 0.25) is 0 Å². The zero-order valence-corrected chi connectivity index (χ0v) is 12.1. The SMILES string of the molecule is O=C(CC1CCCNC1)N1CCN(C(=O)C2CC2)CC1. The van der Waals surface area contributed by atoms with Crippen LogP contribution in [-0.2, 0) is 9.59 Å². The minimum absolute atomic E-state index is 0.275. The average molecular weight is 279 g/mol. The van der Waals surface area contributed by atoms with Crippen molar-refractivity contribution in [1.29, 1.82) is 0 Å². The van der Waals surface area contributed by atoms with Crippen molar-refractivity contribution in [2.24, 2.45) is 11.8 Å². The van der Waals surface area contributed by atoms with Crippen molar-refractivity contribution in [2.45, 2.75) is 32.1 Å². The lowest BCUT2D eigenvalue weighted by Gasteiger charge is -2.36. The van der Waals surface area contributed by atoms with Crippen LogP contribution in [-0.4, -0.2) is 60.9 Å². The van der Waals surface area contributed by atoms with Crippen LogP contribution < -0.4 is 5.32 Å². The van der Waals surface area contributed by atoms with Gasteiger partial charge in [0.1, 0.15) is 0 Å². The smallest absolute Gasteiger partial charge is 0.225 e. The Morgan fingerprint density at radius 3 is 2.30 bits per heavy atom. The van der Waals surface area contributed by atoms with Gasteiger partial charge in [-0.3, -0.25) is 9.59 Å². The van der Waals surface area contributed by atoms with E-state index in [9.17, 15) is 9.59 Å². The summed E-state index contributed by atoms with van der Waals surface area (Å²) >= 11 is 0. The van der Waals surface area contributed by atoms with E-state index in [0.717, 1.165) is 52.1 Å². The zero-order valence-electron chi connectivity index (χ0n) is 12.1. The maximum atomic E-state index is 12.3. The van der Waals surface area contributed by atoms with Crippen LogP contribution in [0, 0.1) is 11.8 Å². The molecule has 2 amide bonds. The normalized spacial score (nSPS) is 27.5. The first-order valence-corrected chi connectivity index (χ1v) is 8.01. The summed E-state index contributed by atoms with van der Waals surface area (Å²) in [4.78, 5) is 28.1. The molecule has 0 spiro atoms. The molecule has 3 rings (SSSR count). The molecular formula is C15H25N3O2. The number of carbonyl (C=O) groups excluding carboxylic acids is 2. The lowest BCUT2D eigenvalue weighted by atomic mass is 9.95. The summed E-state index contributed by atoms with van der Waals surface area (Å²) in [5.41, 5.74) is 0. The van der Waals surface area contributed by atoms with Crippen molar-refractivity contribution in [3.8, 4) is 0 Å². The molecule has 112 valence electrons. The molecule has 1 N–H and O–H groups in total. The molecule has 0 aromatic heterocycles. The van der Waals surface area contributed by atoms with Crippen LogP contribution in [0.1, 0.15) is 32.1 Å². The number of nitrogens with zero attached hydrogens (tertiary/aromatic N) is 2. The van der Waals surface area contributed by atoms with E-state index in [1.54, 1.807) is 0 Å². The molecule has 2 saturated heterocycles. The van der Waals surface area contributed by atoms with Crippen molar-refractivity contribution in [3.63, 3.8) is 0 Å². The highest BCUT2D eigenvalue weighted by molar-refractivity contribution is 5.81. The van der Waals surface area contributed by atoms with Gasteiger partial charge in [0.05, 0.1) is 0 Å². The van der Waals surface area contributed by atoms with Gasteiger partial charge in [-0.15, -0.1) is 0 Å². The number of piperazine rings is 1. The Bertz CT molecular complexity index is 367. The second kappa shape index (κ2) is 6.12. The largest absolute Gasteiger partial charge is 0.339 e. The van der Waals surface area contributed by atoms with Crippen LogP contribution in [0.3, 0.4) is 0 Å². The molecule has 0 aromatic rings. The number of carbonyl (C=O) groups is 2. The Hall–Kier alpha value is -1.10. The van der Waals surface area contributed by atoms with Crippen molar-refractivity contribution in [2.75, 3.05) is 39.3 Å². The molecule has 1 saturated carbocycles. The first-order chi connectivity index (χ1) is 9.74. The molecule has 5 nitrogen and oxygen atoms in total. The Labute approximate surface area is 120 Å². The first kappa shape index (κ1) is 13.9. The Kier molecular flexibility index (Phi) is 4.24. The summed E-state index contributed by atoms with van der Waals surface area (Å²) in [7, 11) is 0. The van der Waals surface area contributed by atoms with Crippen molar-refractivity contribution in [3.05, 3.63) is 0 Å². The molecule has 0 bridgehead atoms. The molecule has 3 fully saturated rings. The summed E-state index contributed by atoms with van der Waals surface area (Å²) in [6, 6.07) is 0. The van der Waals surface area contributed by atoms with Crippen LogP contribution in [0.15, 0.2) is 0 Å². The quantitative estimate of drug-likeness (QED) is 0.816. The lowest BCUT2D eigenvalue weighted by molar-refractivity contribution is -0.140. The number of hydrogen-bond acceptors (Lipinski definition) is 3. The minimum atomic E-state index is 0.275. The lowest BCUT2D eigenvalue weighted by Crippen LogP contribution is -2.51. The van der Waals surface area contributed by atoms with Crippen LogP contribution in [0.4, 0.5) is 0 Å². The fourth-order valence-electron chi connectivity index (χ4n) is 3.24. The summed E-state index contributed by atoms with van der Waals surface area (Å²) in [6.07, 6.45) is 5.14. The Morgan fingerprint density at radius 1 is 1.00 bits per heavy atom. The van der Waals surface area contributed by atoms with Crippen molar-refractivity contribution >= 4 is 11.8 Å². The second-order valence-corrected chi connectivity index (χ2v) is 6.40. The number of hydrogen-bond donors (Lipinski definition) is 1. The average Bonchev–Trinajstić information content (AvgIpc) is 3.32. The summed E-state index contributed by atoms with van der Waals surface area (Å²) in [5.74, 6) is 1.39. The van der Waals surface area contributed by atoms with E-state index in [1.165, 1.54) is 12.8 Å². The van der Waals surface area contributed by atoms with Gasteiger partial charge in [0.15, 0.2) is 0 Å². The van der Waals surface area contributed by atoms with Crippen LogP contribution in [0.5, 0.6) is 0 Å². The summed E-state index contributed by atoms with van der Waals surface area (Å²) in [6.45, 7) is 4.96. The predicted molar refractivity (Wildman–Crippen MR) is 76.1 cm³/mol. The first-order valence-electron chi connectivity index (χ1n) is 8.01. The second-order valence-electron chi connectivity index (χ2n) is 6.40. The molecule has 1 unspecified atom stereocenters. The van der Waals surface area contributed by atoms with E-state index in [1.807, 2.05) is 9.80 Å². The van der Waals surface area contributed by atoms with E-state index in [2.05, 4.69) is 5.32 Å². The van der Waals surface area contributed by atoms with Gasteiger partial charge in [-0.2, -0.15) is 0 Å². The van der Waals surface area contributed by atoms with Gasteiger partial charge in [0, 0.05) is 38.5 Å². The van der Waals surface area contributed by atoms with Crippen molar-refractivity contribution < 1.29 is 9.59 Å². The molecule has 1 aliphatic carbocycles. The van der Waals surface area contributed by atoms with E-state index in [-0.39, 0.29) is 5.91 Å². The maximum absolute atomic E-state index is 12.3. The number of piperidine rings is 1. The van der Waals surface area contributed by atoms with Gasteiger partial charge < -0.3 is 15.1 Å². The topological polar surface area (TPSA) is 52.7 Å². The molecule has 0 aromatic carbocycles. The predicted octanol–water partition coefficient (Wildman–Crippen LogP) is 0.457. The van der Waals surface area contributed by atoms with Gasteiger partial charge in [-0.1, -0.05) is 0 Å². The van der Waals surface area contributed by atoms with Gasteiger partial charge >= 0.3 is 0 Å². The van der Waals surface area contributed by atoms with Gasteiger partial charge in [0.25, 0.3) is 0 Å². The molecule has 20 heavy (non-hydrogen) atoms. The summed E-state index contributed by atoms with van der Waals surface area (Å²) in [5, 5.41) is 3.36. The molecule has 3 aliphatic rings. The fourth-order valence-corrected chi connectivity index (χ4v) is 3.24. The number of amides is 2. The third kappa shape index (κ3) is 3.32. The molecule has 5 heteroatoms. The maximum Gasteiger partial charge on any atom is 0.225 e. The highest BCUT2D eigenvalue weighted by Gasteiger charge is 2.35. The standard InChI is InChI=1S/C15H25N3O2/c19-14(10-12-2-1-5-16-11-12)17-6-8-18(9-7-17)15(20)13-3-4-13/h12-13,16H,1-11H2. The van der Waals surface area contributed by atoms with E-state index in [4.69, 9.17) is 0 Å². The summed E-state index contributed by atoms with van der Waals surface area (Å²) < 4.78 is 0. The highest BCUT2D eigenvalue weighted by atomic mass is 16.2. The van der Waals surface area contributed by atoms with Gasteiger partial charge in [0.2, 0.25) is 11.8 Å². The highest BCUT2D eigenvalue weighted by Crippen LogP contribution is 2.31. The van der Waals surface area contributed by atoms with E-state index >= 15 is 0 Å². The number of nitrogens with one attached hydrogen (secondary N) is 1. The van der Waals surface area contributed by atoms with Crippen molar-refractivity contribution in [1.82, 2.24) is 15.1 Å². The monoisotopic (exact) mass is 279 g/mol. The molecule has 1 atom stereocenters.